The quantitative estimate of drug-likeness (QED) is 0.636. The zero-order chi connectivity index (χ0) is 9.94. The van der Waals surface area contributed by atoms with E-state index in [0.717, 1.165) is 19.6 Å². The lowest BCUT2D eigenvalue weighted by Crippen LogP contribution is -2.03. The molecule has 1 saturated heterocycles. The van der Waals surface area contributed by atoms with E-state index >= 15 is 0 Å². The summed E-state index contributed by atoms with van der Waals surface area (Å²) in [5.74, 6) is 0. The van der Waals surface area contributed by atoms with Gasteiger partial charge in [-0.1, -0.05) is 6.92 Å². The Morgan fingerprint density at radius 2 is 2.00 bits per heavy atom. The van der Waals surface area contributed by atoms with Crippen LogP contribution >= 0.6 is 0 Å². The molecule has 0 aliphatic carbocycles. The highest BCUT2D eigenvalue weighted by atomic mass is 16.5. The van der Waals surface area contributed by atoms with Crippen molar-refractivity contribution < 1.29 is 14.3 Å². The molecule has 0 amide bonds. The van der Waals surface area contributed by atoms with Crippen molar-refractivity contribution in [2.75, 3.05) is 13.2 Å². The number of carbonyl (C=O) groups excluding carboxylic acids is 1. The van der Waals surface area contributed by atoms with E-state index in [2.05, 4.69) is 4.74 Å². The molecule has 1 rings (SSSR count). The minimum absolute atomic E-state index is 0.0810. The topological polar surface area (TPSA) is 35.5 Å². The average Bonchev–Trinajstić information content (AvgIpc) is 2.22. The molecule has 78 valence electrons. The third-order valence-corrected chi connectivity index (χ3v) is 1.94. The highest BCUT2D eigenvalue weighted by Crippen LogP contribution is 2.02. The predicted octanol–water partition coefficient (Wildman–Crippen LogP) is 2.14. The first-order valence-electron chi connectivity index (χ1n) is 4.98. The summed E-state index contributed by atoms with van der Waals surface area (Å²) < 4.78 is 9.58. The Labute approximate surface area is 80.4 Å². The van der Waals surface area contributed by atoms with Crippen molar-refractivity contribution in [2.45, 2.75) is 45.6 Å². The van der Waals surface area contributed by atoms with Crippen molar-refractivity contribution in [1.29, 1.82) is 0 Å². The predicted molar refractivity (Wildman–Crippen MR) is 51.6 cm³/mol. The number of hydrogen-bond acceptors (Lipinski definition) is 3. The van der Waals surface area contributed by atoms with Gasteiger partial charge in [-0.05, 0) is 32.6 Å². The van der Waals surface area contributed by atoms with E-state index in [0.29, 0.717) is 6.47 Å². The molecular weight excluding hydrogens is 168 g/mol. The number of hydrogen-bond donors (Lipinski definition) is 0. The second kappa shape index (κ2) is 9.52. The van der Waals surface area contributed by atoms with E-state index in [1.807, 2.05) is 13.8 Å². The van der Waals surface area contributed by atoms with E-state index in [1.165, 1.54) is 19.3 Å². The first-order valence-corrected chi connectivity index (χ1v) is 4.98. The van der Waals surface area contributed by atoms with Gasteiger partial charge in [0.25, 0.3) is 6.47 Å². The van der Waals surface area contributed by atoms with Crippen LogP contribution in [0.1, 0.15) is 39.5 Å². The smallest absolute Gasteiger partial charge is 0.293 e. The molecule has 13 heavy (non-hydrogen) atoms. The molecule has 0 aromatic heterocycles. The summed E-state index contributed by atoms with van der Waals surface area (Å²) in [6.07, 6.45) is 4.90. The van der Waals surface area contributed by atoms with Crippen LogP contribution in [-0.4, -0.2) is 25.8 Å². The average molecular weight is 188 g/mol. The Bertz CT molecular complexity index is 99.2. The Kier molecular flexibility index (Phi) is 9.10. The summed E-state index contributed by atoms with van der Waals surface area (Å²) in [7, 11) is 0. The van der Waals surface area contributed by atoms with Gasteiger partial charge in [-0.2, -0.15) is 0 Å². The number of rotatable bonds is 3. The maximum atomic E-state index is 9.55. The summed E-state index contributed by atoms with van der Waals surface area (Å²) in [6, 6.07) is 0. The molecule has 0 aromatic rings. The standard InChI is InChI=1S/C5H10O2.C5H10O/c1-3-5(2)7-4-6;1-2-4-6-5-3-1/h4-5H,3H2,1-2H3;1-5H2. The first kappa shape index (κ1) is 12.4. The van der Waals surface area contributed by atoms with Crippen molar-refractivity contribution in [2.24, 2.45) is 0 Å². The fraction of sp³-hybridized carbons (Fsp3) is 0.900. The van der Waals surface area contributed by atoms with Gasteiger partial charge in [-0.25, -0.2) is 0 Å². The summed E-state index contributed by atoms with van der Waals surface area (Å²) in [5.41, 5.74) is 0. The maximum absolute atomic E-state index is 9.55. The van der Waals surface area contributed by atoms with E-state index in [9.17, 15) is 4.79 Å². The molecule has 0 bridgehead atoms. The van der Waals surface area contributed by atoms with Crippen LogP contribution in [-0.2, 0) is 14.3 Å². The highest BCUT2D eigenvalue weighted by molar-refractivity contribution is 5.37. The molecule has 1 unspecified atom stereocenters. The van der Waals surface area contributed by atoms with Gasteiger partial charge in [0.15, 0.2) is 0 Å². The summed E-state index contributed by atoms with van der Waals surface area (Å²) in [4.78, 5) is 9.55. The monoisotopic (exact) mass is 188 g/mol. The van der Waals surface area contributed by atoms with E-state index < -0.39 is 0 Å². The van der Waals surface area contributed by atoms with Gasteiger partial charge in [0, 0.05) is 13.2 Å². The molecule has 0 saturated carbocycles. The summed E-state index contributed by atoms with van der Waals surface area (Å²) in [6.45, 7) is 6.30. The van der Waals surface area contributed by atoms with Crippen LogP contribution < -0.4 is 0 Å². The van der Waals surface area contributed by atoms with Gasteiger partial charge in [-0.15, -0.1) is 0 Å². The Hall–Kier alpha value is -0.570. The van der Waals surface area contributed by atoms with Crippen molar-refractivity contribution in [3.63, 3.8) is 0 Å². The van der Waals surface area contributed by atoms with E-state index in [-0.39, 0.29) is 6.10 Å². The first-order chi connectivity index (χ1) is 6.31. The minimum Gasteiger partial charge on any atom is -0.465 e. The fourth-order valence-electron chi connectivity index (χ4n) is 0.878. The van der Waals surface area contributed by atoms with Gasteiger partial charge in [-0.3, -0.25) is 4.79 Å². The van der Waals surface area contributed by atoms with Crippen LogP contribution in [0, 0.1) is 0 Å². The molecule has 0 radical (unpaired) electrons. The molecule has 3 heteroatoms. The van der Waals surface area contributed by atoms with Crippen LogP contribution in [0.5, 0.6) is 0 Å². The molecule has 0 N–H and O–H groups in total. The largest absolute Gasteiger partial charge is 0.465 e. The molecule has 1 fully saturated rings. The van der Waals surface area contributed by atoms with Crippen LogP contribution in [0.25, 0.3) is 0 Å². The zero-order valence-corrected chi connectivity index (χ0v) is 8.62. The van der Waals surface area contributed by atoms with Gasteiger partial charge >= 0.3 is 0 Å². The lowest BCUT2D eigenvalue weighted by Gasteiger charge is -2.08. The van der Waals surface area contributed by atoms with Gasteiger partial charge < -0.3 is 9.47 Å². The minimum atomic E-state index is 0.0810. The zero-order valence-electron chi connectivity index (χ0n) is 8.62. The second-order valence-electron chi connectivity index (χ2n) is 3.12. The molecular formula is C10H20O3. The van der Waals surface area contributed by atoms with Gasteiger partial charge in [0.05, 0.1) is 6.10 Å². The fourth-order valence-corrected chi connectivity index (χ4v) is 0.878. The Balaban J connectivity index is 0.000000223. The molecule has 1 heterocycles. The Morgan fingerprint density at radius 1 is 1.38 bits per heavy atom. The van der Waals surface area contributed by atoms with E-state index in [1.54, 1.807) is 0 Å². The second-order valence-corrected chi connectivity index (χ2v) is 3.12. The molecule has 3 nitrogen and oxygen atoms in total. The van der Waals surface area contributed by atoms with Crippen LogP contribution in [0.2, 0.25) is 0 Å². The van der Waals surface area contributed by atoms with Crippen molar-refractivity contribution in [3.8, 4) is 0 Å². The normalized spacial score (nSPS) is 18.0. The van der Waals surface area contributed by atoms with Crippen molar-refractivity contribution >= 4 is 6.47 Å². The van der Waals surface area contributed by atoms with Crippen LogP contribution in [0.15, 0.2) is 0 Å². The number of carbonyl (C=O) groups is 1. The van der Waals surface area contributed by atoms with Gasteiger partial charge in [0.1, 0.15) is 0 Å². The van der Waals surface area contributed by atoms with Crippen LogP contribution in [0.4, 0.5) is 0 Å². The summed E-state index contributed by atoms with van der Waals surface area (Å²) >= 11 is 0. The number of ether oxygens (including phenoxy) is 2. The van der Waals surface area contributed by atoms with Crippen molar-refractivity contribution in [3.05, 3.63) is 0 Å². The molecule has 1 aliphatic rings. The third kappa shape index (κ3) is 9.34. The van der Waals surface area contributed by atoms with Crippen LogP contribution in [0.3, 0.4) is 0 Å². The maximum Gasteiger partial charge on any atom is 0.293 e. The Morgan fingerprint density at radius 3 is 2.15 bits per heavy atom. The van der Waals surface area contributed by atoms with E-state index in [4.69, 9.17) is 4.74 Å². The molecule has 1 atom stereocenters. The highest BCUT2D eigenvalue weighted by Gasteiger charge is 1.95. The molecule has 0 spiro atoms. The molecule has 0 aromatic carbocycles. The lowest BCUT2D eigenvalue weighted by atomic mass is 10.2. The molecule has 1 aliphatic heterocycles. The third-order valence-electron chi connectivity index (χ3n) is 1.94. The SMILES string of the molecule is C1CCOCC1.CCC(C)OC=O. The van der Waals surface area contributed by atoms with Crippen molar-refractivity contribution in [1.82, 2.24) is 0 Å². The summed E-state index contributed by atoms with van der Waals surface area (Å²) in [5, 5.41) is 0. The van der Waals surface area contributed by atoms with Gasteiger partial charge in [0.2, 0.25) is 0 Å². The lowest BCUT2D eigenvalue weighted by molar-refractivity contribution is -0.132.